The van der Waals surface area contributed by atoms with E-state index in [1.807, 2.05) is 6.20 Å². The van der Waals surface area contributed by atoms with Gasteiger partial charge in [0, 0.05) is 41.8 Å². The number of ether oxygens (including phenoxy) is 1. The molecule has 1 atom stereocenters. The van der Waals surface area contributed by atoms with E-state index in [9.17, 15) is 4.79 Å². The van der Waals surface area contributed by atoms with Crippen molar-refractivity contribution >= 4 is 22.8 Å². The van der Waals surface area contributed by atoms with Crippen LogP contribution in [0.2, 0.25) is 0 Å². The number of nitrogens with zero attached hydrogens (tertiary/aromatic N) is 3. The second-order valence-electron chi connectivity index (χ2n) is 14.1. The van der Waals surface area contributed by atoms with Crippen LogP contribution < -0.4 is 5.32 Å². The molecular weight excluding hydrogens is 516 g/mol. The summed E-state index contributed by atoms with van der Waals surface area (Å²) in [5.74, 6) is 0.885. The van der Waals surface area contributed by atoms with Gasteiger partial charge >= 0.3 is 0 Å². The minimum atomic E-state index is -0.0557. The summed E-state index contributed by atoms with van der Waals surface area (Å²) < 4.78 is 7.55. The normalized spacial score (nSPS) is 21.7. The Kier molecular flexibility index (Phi) is 8.72. The second-order valence-corrected chi connectivity index (χ2v) is 15.1. The molecule has 1 unspecified atom stereocenters. The van der Waals surface area contributed by atoms with Crippen LogP contribution in [0.5, 0.6) is 0 Å². The summed E-state index contributed by atoms with van der Waals surface area (Å²) in [7, 11) is 0. The van der Waals surface area contributed by atoms with Gasteiger partial charge < -0.3 is 10.1 Å². The van der Waals surface area contributed by atoms with Gasteiger partial charge in [0.15, 0.2) is 5.01 Å². The zero-order valence-corrected chi connectivity index (χ0v) is 26.2. The zero-order valence-electron chi connectivity index (χ0n) is 25.4. The van der Waals surface area contributed by atoms with Gasteiger partial charge in [0.05, 0.1) is 17.4 Å². The number of carbonyl (C=O) groups excluding carboxylic acids is 1. The Morgan fingerprint density at radius 2 is 1.80 bits per heavy atom. The average molecular weight is 565 g/mol. The van der Waals surface area contributed by atoms with Gasteiger partial charge in [0.2, 0.25) is 0 Å². The highest BCUT2D eigenvalue weighted by atomic mass is 32.1. The number of rotatable bonds is 6. The maximum absolute atomic E-state index is 13.4. The number of hydrogen-bond acceptors (Lipinski definition) is 5. The lowest BCUT2D eigenvalue weighted by Gasteiger charge is -2.31. The largest absolute Gasteiger partial charge is 0.381 e. The Balaban J connectivity index is 1.45. The predicted molar refractivity (Wildman–Crippen MR) is 164 cm³/mol. The minimum Gasteiger partial charge on any atom is -0.381 e. The molecule has 1 N–H and O–H groups in total. The van der Waals surface area contributed by atoms with Crippen molar-refractivity contribution in [2.24, 2.45) is 11.3 Å². The summed E-state index contributed by atoms with van der Waals surface area (Å²) in [6.45, 7) is 14.9. The van der Waals surface area contributed by atoms with Gasteiger partial charge in [-0.25, -0.2) is 4.98 Å². The summed E-state index contributed by atoms with van der Waals surface area (Å²) in [5, 5.41) is 8.57. The maximum atomic E-state index is 13.4. The van der Waals surface area contributed by atoms with Gasteiger partial charge in [0.25, 0.3) is 5.91 Å². The van der Waals surface area contributed by atoms with Crippen molar-refractivity contribution in [2.45, 2.75) is 117 Å². The fourth-order valence-corrected chi connectivity index (χ4v) is 7.43. The number of nitrogens with one attached hydrogen (secondary N) is 1. The standard InChI is InChI=1S/C33H48N4O2S/c1-32(2,3)27-19-23(12-13-26(27)24-20-34-37(21-24)33(4,5)6)29-28(18-22-10-8-7-9-11-22)36-31(40-29)30(38)35-25-14-16-39-17-15-25/h12-13,20-23,25H,7-11,14-19H2,1-6H3,(H,35,38). The molecule has 1 saturated heterocycles. The first-order chi connectivity index (χ1) is 19.0. The van der Waals surface area contributed by atoms with E-state index in [0.29, 0.717) is 24.1 Å². The summed E-state index contributed by atoms with van der Waals surface area (Å²) in [6, 6.07) is 0.178. The molecule has 2 aromatic heterocycles. The third-order valence-corrected chi connectivity index (χ3v) is 9.98. The lowest BCUT2D eigenvalue weighted by molar-refractivity contribution is 0.0696. The third-order valence-electron chi connectivity index (χ3n) is 8.75. The molecule has 1 saturated carbocycles. The molecule has 3 heterocycles. The van der Waals surface area contributed by atoms with Crippen LogP contribution in [0.1, 0.15) is 125 Å². The molecule has 2 aromatic rings. The number of aromatic nitrogens is 3. The summed E-state index contributed by atoms with van der Waals surface area (Å²) in [5.41, 5.74) is 5.02. The lowest BCUT2D eigenvalue weighted by Crippen LogP contribution is -2.38. The first-order valence-corrected chi connectivity index (χ1v) is 16.2. The van der Waals surface area contributed by atoms with E-state index in [-0.39, 0.29) is 28.8 Å². The molecule has 2 fully saturated rings. The SMILES string of the molecule is CC(C)(C)C1=C(c2cnn(C(C)(C)C)c2)C=CC(c2sc(C(=O)NC3CCOCC3)nc2CC2CCCCC2)C1. The van der Waals surface area contributed by atoms with Crippen LogP contribution >= 0.6 is 11.3 Å². The Morgan fingerprint density at radius 3 is 2.45 bits per heavy atom. The second kappa shape index (κ2) is 11.9. The Morgan fingerprint density at radius 1 is 1.07 bits per heavy atom. The van der Waals surface area contributed by atoms with E-state index in [0.717, 1.165) is 31.4 Å². The van der Waals surface area contributed by atoms with Crippen molar-refractivity contribution in [3.8, 4) is 0 Å². The summed E-state index contributed by atoms with van der Waals surface area (Å²) >= 11 is 1.62. The number of hydrogen-bond donors (Lipinski definition) is 1. The number of carbonyl (C=O) groups is 1. The fourth-order valence-electron chi connectivity index (χ4n) is 6.35. The molecule has 7 heteroatoms. The Labute approximate surface area is 244 Å². The maximum Gasteiger partial charge on any atom is 0.280 e. The molecule has 218 valence electrons. The molecule has 3 aliphatic rings. The van der Waals surface area contributed by atoms with Gasteiger partial charge in [-0.3, -0.25) is 9.48 Å². The topological polar surface area (TPSA) is 69.0 Å². The van der Waals surface area contributed by atoms with Gasteiger partial charge in [-0.2, -0.15) is 5.10 Å². The van der Waals surface area contributed by atoms with Gasteiger partial charge in [-0.1, -0.05) is 70.6 Å². The van der Waals surface area contributed by atoms with Crippen LogP contribution in [-0.2, 0) is 16.7 Å². The van der Waals surface area contributed by atoms with Crippen LogP contribution in [-0.4, -0.2) is 39.9 Å². The molecule has 0 aromatic carbocycles. The molecule has 5 rings (SSSR count). The van der Waals surface area contributed by atoms with Crippen LogP contribution in [0.15, 0.2) is 30.1 Å². The highest BCUT2D eigenvalue weighted by Gasteiger charge is 2.32. The van der Waals surface area contributed by atoms with E-state index in [1.54, 1.807) is 11.3 Å². The van der Waals surface area contributed by atoms with Crippen LogP contribution in [0.4, 0.5) is 0 Å². The Hall–Kier alpha value is -2.25. The van der Waals surface area contributed by atoms with Crippen molar-refractivity contribution in [3.63, 3.8) is 0 Å². The number of allylic oxidation sites excluding steroid dienone is 4. The molecule has 40 heavy (non-hydrogen) atoms. The molecule has 0 bridgehead atoms. The van der Waals surface area contributed by atoms with E-state index < -0.39 is 0 Å². The van der Waals surface area contributed by atoms with Crippen molar-refractivity contribution in [1.82, 2.24) is 20.1 Å². The highest BCUT2D eigenvalue weighted by molar-refractivity contribution is 7.13. The highest BCUT2D eigenvalue weighted by Crippen LogP contribution is 2.46. The molecular formula is C33H48N4O2S. The first-order valence-electron chi connectivity index (χ1n) is 15.3. The smallest absolute Gasteiger partial charge is 0.280 e. The molecule has 2 aliphatic carbocycles. The van der Waals surface area contributed by atoms with E-state index in [1.165, 1.54) is 53.7 Å². The van der Waals surface area contributed by atoms with Crippen LogP contribution in [0.3, 0.4) is 0 Å². The Bertz CT molecular complexity index is 1240. The third kappa shape index (κ3) is 6.79. The average Bonchev–Trinajstić information content (AvgIpc) is 3.57. The number of thiazole rings is 1. The van der Waals surface area contributed by atoms with Gasteiger partial charge in [-0.05, 0) is 63.4 Å². The molecule has 6 nitrogen and oxygen atoms in total. The zero-order chi connectivity index (χ0) is 28.5. The van der Waals surface area contributed by atoms with Crippen LogP contribution in [0.25, 0.3) is 5.57 Å². The monoisotopic (exact) mass is 564 g/mol. The summed E-state index contributed by atoms with van der Waals surface area (Å²) in [4.78, 5) is 19.7. The van der Waals surface area contributed by atoms with Crippen molar-refractivity contribution < 1.29 is 9.53 Å². The van der Waals surface area contributed by atoms with E-state index in [2.05, 4.69) is 69.9 Å². The van der Waals surface area contributed by atoms with Crippen molar-refractivity contribution in [1.29, 1.82) is 0 Å². The molecule has 0 spiro atoms. The van der Waals surface area contributed by atoms with Gasteiger partial charge in [-0.15, -0.1) is 11.3 Å². The van der Waals surface area contributed by atoms with Crippen molar-refractivity contribution in [2.75, 3.05) is 13.2 Å². The van der Waals surface area contributed by atoms with Crippen molar-refractivity contribution in [3.05, 3.63) is 51.3 Å². The molecule has 1 amide bonds. The van der Waals surface area contributed by atoms with Crippen LogP contribution in [0, 0.1) is 11.3 Å². The van der Waals surface area contributed by atoms with E-state index >= 15 is 0 Å². The van der Waals surface area contributed by atoms with Gasteiger partial charge in [0.1, 0.15) is 0 Å². The quantitative estimate of drug-likeness (QED) is 0.391. The fraction of sp³-hybridized carbons (Fsp3) is 0.667. The minimum absolute atomic E-state index is 0.0135. The first kappa shape index (κ1) is 29.2. The molecule has 1 aliphatic heterocycles. The number of amides is 1. The molecule has 0 radical (unpaired) electrons. The predicted octanol–water partition coefficient (Wildman–Crippen LogP) is 7.67. The van der Waals surface area contributed by atoms with E-state index in [4.69, 9.17) is 14.8 Å². The summed E-state index contributed by atoms with van der Waals surface area (Å²) in [6.07, 6.45) is 19.1. The lowest BCUT2D eigenvalue weighted by atomic mass is 9.74.